The number of halogens is 3. The summed E-state index contributed by atoms with van der Waals surface area (Å²) in [7, 11) is 0. The Kier molecular flexibility index (Phi) is 5.46. The number of hydrogen-bond donors (Lipinski definition) is 1. The Morgan fingerprint density at radius 2 is 1.88 bits per heavy atom. The van der Waals surface area contributed by atoms with Crippen molar-refractivity contribution in [3.8, 4) is 11.1 Å². The highest BCUT2D eigenvalue weighted by Gasteiger charge is 2.47. The van der Waals surface area contributed by atoms with E-state index in [9.17, 15) is 13.2 Å². The number of alkyl halides is 3. The summed E-state index contributed by atoms with van der Waals surface area (Å²) in [5.41, 5.74) is 2.27. The molecule has 0 radical (unpaired) electrons. The summed E-state index contributed by atoms with van der Waals surface area (Å²) in [6.07, 6.45) is 2.68. The van der Waals surface area contributed by atoms with Crippen molar-refractivity contribution in [3.05, 3.63) is 36.5 Å². The van der Waals surface area contributed by atoms with Gasteiger partial charge in [0, 0.05) is 49.3 Å². The van der Waals surface area contributed by atoms with Gasteiger partial charge in [0.25, 0.3) is 0 Å². The van der Waals surface area contributed by atoms with Gasteiger partial charge < -0.3 is 14.6 Å². The third-order valence-electron chi connectivity index (χ3n) is 6.46. The van der Waals surface area contributed by atoms with E-state index >= 15 is 0 Å². The SMILES string of the molecule is Cc1nc2ncc(-c3ccn4nc(NCC(C)(C)C(F)(F)F)ncc34)cc2n1C1CCOCC1. The van der Waals surface area contributed by atoms with Crippen LogP contribution in [0.4, 0.5) is 19.1 Å². The zero-order valence-electron chi connectivity index (χ0n) is 19.2. The summed E-state index contributed by atoms with van der Waals surface area (Å²) in [6.45, 7) is 5.41. The Morgan fingerprint density at radius 1 is 1.12 bits per heavy atom. The average Bonchev–Trinajstić information content (AvgIpc) is 3.36. The first-order chi connectivity index (χ1) is 16.1. The van der Waals surface area contributed by atoms with E-state index in [-0.39, 0.29) is 12.5 Å². The predicted molar refractivity (Wildman–Crippen MR) is 122 cm³/mol. The number of nitrogens with one attached hydrogen (secondary N) is 1. The Labute approximate surface area is 194 Å². The van der Waals surface area contributed by atoms with E-state index in [0.29, 0.717) is 11.7 Å². The smallest absolute Gasteiger partial charge is 0.381 e. The van der Waals surface area contributed by atoms with E-state index in [1.54, 1.807) is 23.1 Å². The molecule has 1 fully saturated rings. The van der Waals surface area contributed by atoms with Crippen LogP contribution < -0.4 is 5.32 Å². The second-order valence-electron chi connectivity index (χ2n) is 9.32. The van der Waals surface area contributed by atoms with Gasteiger partial charge in [-0.3, -0.25) is 0 Å². The minimum absolute atomic E-state index is 0.133. The largest absolute Gasteiger partial charge is 0.395 e. The van der Waals surface area contributed by atoms with Gasteiger partial charge in [-0.2, -0.15) is 13.2 Å². The molecule has 1 saturated heterocycles. The molecule has 11 heteroatoms. The van der Waals surface area contributed by atoms with Crippen LogP contribution in [0.25, 0.3) is 27.8 Å². The molecule has 4 aromatic rings. The molecule has 0 unspecified atom stereocenters. The molecule has 180 valence electrons. The first-order valence-electron chi connectivity index (χ1n) is 11.2. The van der Waals surface area contributed by atoms with Crippen LogP contribution in [0.3, 0.4) is 0 Å². The van der Waals surface area contributed by atoms with Crippen LogP contribution in [0.2, 0.25) is 0 Å². The van der Waals surface area contributed by atoms with Gasteiger partial charge in [0.1, 0.15) is 5.82 Å². The number of ether oxygens (including phenoxy) is 1. The number of anilines is 1. The molecule has 5 rings (SSSR count). The molecule has 0 saturated carbocycles. The maximum atomic E-state index is 13.1. The lowest BCUT2D eigenvalue weighted by atomic mass is 9.93. The Morgan fingerprint density at radius 3 is 2.62 bits per heavy atom. The summed E-state index contributed by atoms with van der Waals surface area (Å²) in [5.74, 6) is 1.06. The van der Waals surface area contributed by atoms with E-state index in [0.717, 1.165) is 67.9 Å². The molecule has 0 bridgehead atoms. The monoisotopic (exact) mass is 473 g/mol. The number of rotatable bonds is 5. The lowest BCUT2D eigenvalue weighted by Gasteiger charge is -2.27. The molecule has 34 heavy (non-hydrogen) atoms. The number of aryl methyl sites for hydroxylation is 1. The molecule has 8 nitrogen and oxygen atoms in total. The zero-order valence-corrected chi connectivity index (χ0v) is 19.2. The lowest BCUT2D eigenvalue weighted by Crippen LogP contribution is -2.38. The van der Waals surface area contributed by atoms with Crippen molar-refractivity contribution in [1.29, 1.82) is 0 Å². The molecule has 1 aliphatic heterocycles. The van der Waals surface area contributed by atoms with Crippen molar-refractivity contribution in [2.24, 2.45) is 5.41 Å². The number of fused-ring (bicyclic) bond motifs is 2. The van der Waals surface area contributed by atoms with Crippen LogP contribution in [0.5, 0.6) is 0 Å². The van der Waals surface area contributed by atoms with Crippen molar-refractivity contribution in [2.45, 2.75) is 45.8 Å². The van der Waals surface area contributed by atoms with Crippen molar-refractivity contribution >= 4 is 22.6 Å². The van der Waals surface area contributed by atoms with Crippen molar-refractivity contribution < 1.29 is 17.9 Å². The first-order valence-corrected chi connectivity index (χ1v) is 11.2. The van der Waals surface area contributed by atoms with E-state index < -0.39 is 11.6 Å². The van der Waals surface area contributed by atoms with Crippen LogP contribution in [0.15, 0.2) is 30.7 Å². The summed E-state index contributed by atoms with van der Waals surface area (Å²) >= 11 is 0. The van der Waals surface area contributed by atoms with E-state index in [4.69, 9.17) is 4.74 Å². The van der Waals surface area contributed by atoms with Crippen molar-refractivity contribution in [3.63, 3.8) is 0 Å². The van der Waals surface area contributed by atoms with Gasteiger partial charge in [-0.15, -0.1) is 5.10 Å². The van der Waals surface area contributed by atoms with Gasteiger partial charge in [0.2, 0.25) is 5.95 Å². The van der Waals surface area contributed by atoms with Crippen LogP contribution in [0.1, 0.15) is 38.6 Å². The normalized spacial score (nSPS) is 15.9. The second-order valence-corrected chi connectivity index (χ2v) is 9.32. The average molecular weight is 474 g/mol. The molecule has 4 aromatic heterocycles. The fraction of sp³-hybridized carbons (Fsp3) is 0.478. The van der Waals surface area contributed by atoms with Crippen LogP contribution in [0, 0.1) is 12.3 Å². The van der Waals surface area contributed by atoms with Crippen LogP contribution >= 0.6 is 0 Å². The molecule has 1 aliphatic rings. The van der Waals surface area contributed by atoms with Gasteiger partial charge in [-0.25, -0.2) is 19.5 Å². The molecule has 0 aromatic carbocycles. The maximum Gasteiger partial charge on any atom is 0.395 e. The number of hydrogen-bond acceptors (Lipinski definition) is 6. The maximum absolute atomic E-state index is 13.1. The molecular formula is C23H26F3N7O. The lowest BCUT2D eigenvalue weighted by molar-refractivity contribution is -0.206. The van der Waals surface area contributed by atoms with Gasteiger partial charge in [-0.1, -0.05) is 0 Å². The molecule has 0 atom stereocenters. The fourth-order valence-corrected chi connectivity index (χ4v) is 4.27. The molecule has 5 heterocycles. The minimum atomic E-state index is -4.33. The van der Waals surface area contributed by atoms with Crippen molar-refractivity contribution in [2.75, 3.05) is 25.1 Å². The summed E-state index contributed by atoms with van der Waals surface area (Å²) in [4.78, 5) is 13.5. The van der Waals surface area contributed by atoms with E-state index in [2.05, 4.69) is 36.0 Å². The van der Waals surface area contributed by atoms with Gasteiger partial charge in [0.15, 0.2) is 5.65 Å². The first kappa shape index (κ1) is 22.6. The molecule has 0 aliphatic carbocycles. The van der Waals surface area contributed by atoms with Gasteiger partial charge >= 0.3 is 6.18 Å². The van der Waals surface area contributed by atoms with Gasteiger partial charge in [0.05, 0.1) is 22.6 Å². The molecular weight excluding hydrogens is 447 g/mol. The number of pyridine rings is 1. The predicted octanol–water partition coefficient (Wildman–Crippen LogP) is 4.80. The highest BCUT2D eigenvalue weighted by Crippen LogP contribution is 2.37. The highest BCUT2D eigenvalue weighted by atomic mass is 19.4. The summed E-state index contributed by atoms with van der Waals surface area (Å²) < 4.78 is 48.8. The summed E-state index contributed by atoms with van der Waals surface area (Å²) in [5, 5.41) is 7.05. The number of nitrogens with zero attached hydrogens (tertiary/aromatic N) is 6. The Balaban J connectivity index is 1.46. The quantitative estimate of drug-likeness (QED) is 0.448. The van der Waals surface area contributed by atoms with Crippen molar-refractivity contribution in [1.82, 2.24) is 29.1 Å². The summed E-state index contributed by atoms with van der Waals surface area (Å²) in [6, 6.07) is 4.29. The standard InChI is InChI=1S/C23H26F3N7O/c1-14-30-20-18(33(14)16-5-8-34-9-6-16)10-15(11-27-20)17-4-7-32-19(17)12-28-21(31-32)29-13-22(2,3)23(24,25)26/h4,7,10-12,16H,5-6,8-9,13H2,1-3H3,(H,29,31). The highest BCUT2D eigenvalue weighted by molar-refractivity contribution is 5.85. The zero-order chi connectivity index (χ0) is 24.1. The number of aromatic nitrogens is 6. The number of imidazole rings is 1. The van der Waals surface area contributed by atoms with Crippen LogP contribution in [-0.4, -0.2) is 55.1 Å². The second kappa shape index (κ2) is 8.23. The molecule has 1 N–H and O–H groups in total. The van der Waals surface area contributed by atoms with E-state index in [1.165, 1.54) is 0 Å². The minimum Gasteiger partial charge on any atom is -0.381 e. The van der Waals surface area contributed by atoms with Crippen LogP contribution in [-0.2, 0) is 4.74 Å². The fourth-order valence-electron chi connectivity index (χ4n) is 4.27. The van der Waals surface area contributed by atoms with Gasteiger partial charge in [-0.05, 0) is 45.7 Å². The molecule has 0 spiro atoms. The topological polar surface area (TPSA) is 82.2 Å². The third kappa shape index (κ3) is 3.97. The third-order valence-corrected chi connectivity index (χ3v) is 6.46. The Bertz CT molecular complexity index is 1340. The van der Waals surface area contributed by atoms with E-state index in [1.807, 2.05) is 13.0 Å². The molecule has 0 amide bonds. The Hall–Kier alpha value is -3.21.